The molecular formula is C29H65NO2S. The molecule has 0 heterocycles. The summed E-state index contributed by atoms with van der Waals surface area (Å²) in [7, 11) is 0. The average molecular weight is 492 g/mol. The molecule has 0 rings (SSSR count). The molecule has 0 aliphatic carbocycles. The average Bonchev–Trinajstić information content (AvgIpc) is 2.85. The molecule has 0 saturated carbocycles. The first-order chi connectivity index (χ1) is 15.7. The fourth-order valence-electron chi connectivity index (χ4n) is 3.23. The van der Waals surface area contributed by atoms with Crippen molar-refractivity contribution in [2.24, 2.45) is 11.8 Å². The smallest absolute Gasteiger partial charge is 0.221 e. The summed E-state index contributed by atoms with van der Waals surface area (Å²) in [6.07, 6.45) is 6.75. The van der Waals surface area contributed by atoms with E-state index < -0.39 is 0 Å². The zero-order chi connectivity index (χ0) is 26.9. The Balaban J connectivity index is -0.000000642. The third-order valence-electron chi connectivity index (χ3n) is 5.80. The predicted octanol–water partition coefficient (Wildman–Crippen LogP) is 9.53. The zero-order valence-corrected chi connectivity index (χ0v) is 26.3. The molecule has 0 aromatic rings. The molecule has 33 heavy (non-hydrogen) atoms. The Morgan fingerprint density at radius 3 is 1.67 bits per heavy atom. The molecule has 204 valence electrons. The number of ether oxygens (including phenoxy) is 1. The Bertz CT molecular complexity index is 389. The maximum absolute atomic E-state index is 12.5. The van der Waals surface area contributed by atoms with E-state index in [2.05, 4.69) is 60.7 Å². The van der Waals surface area contributed by atoms with Gasteiger partial charge in [0.15, 0.2) is 0 Å². The summed E-state index contributed by atoms with van der Waals surface area (Å²) in [5, 5.41) is 3.33. The quantitative estimate of drug-likeness (QED) is 0.218. The van der Waals surface area contributed by atoms with E-state index in [1.807, 2.05) is 53.3 Å². The highest BCUT2D eigenvalue weighted by atomic mass is 32.2. The Labute approximate surface area is 215 Å². The van der Waals surface area contributed by atoms with Crippen molar-refractivity contribution in [1.82, 2.24) is 5.32 Å². The number of carbonyl (C=O) groups excluding carboxylic acids is 1. The topological polar surface area (TPSA) is 38.3 Å². The first-order valence-corrected chi connectivity index (χ1v) is 15.4. The van der Waals surface area contributed by atoms with Crippen LogP contribution in [0.2, 0.25) is 0 Å². The van der Waals surface area contributed by atoms with Crippen LogP contribution in [0.5, 0.6) is 0 Å². The zero-order valence-electron chi connectivity index (χ0n) is 25.5. The highest BCUT2D eigenvalue weighted by molar-refractivity contribution is 7.99. The summed E-state index contributed by atoms with van der Waals surface area (Å²) in [6, 6.07) is 0. The van der Waals surface area contributed by atoms with E-state index in [0.717, 1.165) is 43.6 Å². The van der Waals surface area contributed by atoms with E-state index in [4.69, 9.17) is 4.74 Å². The molecule has 0 aromatic carbocycles. The van der Waals surface area contributed by atoms with Crippen LogP contribution in [0.4, 0.5) is 0 Å². The molecule has 1 amide bonds. The van der Waals surface area contributed by atoms with Gasteiger partial charge in [-0.3, -0.25) is 4.79 Å². The van der Waals surface area contributed by atoms with Gasteiger partial charge < -0.3 is 10.1 Å². The second-order valence-electron chi connectivity index (χ2n) is 8.87. The lowest BCUT2D eigenvalue weighted by atomic mass is 9.87. The van der Waals surface area contributed by atoms with Gasteiger partial charge in [0.2, 0.25) is 5.91 Å². The molecule has 0 aromatic heterocycles. The lowest BCUT2D eigenvalue weighted by Gasteiger charge is -2.39. The van der Waals surface area contributed by atoms with Crippen molar-refractivity contribution in [3.8, 4) is 0 Å². The van der Waals surface area contributed by atoms with Gasteiger partial charge in [0, 0.05) is 12.2 Å². The second kappa shape index (κ2) is 26.4. The monoisotopic (exact) mass is 491 g/mol. The number of rotatable bonds is 16. The van der Waals surface area contributed by atoms with Crippen LogP contribution in [-0.4, -0.2) is 35.2 Å². The van der Waals surface area contributed by atoms with Crippen molar-refractivity contribution >= 4 is 17.7 Å². The number of thioether (sulfide) groups is 1. The molecule has 0 radical (unpaired) electrons. The van der Waals surface area contributed by atoms with Crippen LogP contribution in [0.15, 0.2) is 0 Å². The highest BCUT2D eigenvalue weighted by Gasteiger charge is 2.34. The van der Waals surface area contributed by atoms with E-state index >= 15 is 0 Å². The van der Waals surface area contributed by atoms with Gasteiger partial charge in [-0.15, -0.1) is 0 Å². The molecule has 0 spiro atoms. The highest BCUT2D eigenvalue weighted by Crippen LogP contribution is 2.30. The third-order valence-corrected chi connectivity index (χ3v) is 7.20. The number of nitrogens with one attached hydrogen (secondary N) is 1. The molecule has 0 bridgehead atoms. The minimum Gasteiger partial charge on any atom is -0.373 e. The summed E-state index contributed by atoms with van der Waals surface area (Å²) >= 11 is 1.87. The van der Waals surface area contributed by atoms with Crippen LogP contribution in [0.25, 0.3) is 0 Å². The minimum atomic E-state index is -0.243. The van der Waals surface area contributed by atoms with E-state index in [1.54, 1.807) is 0 Å². The summed E-state index contributed by atoms with van der Waals surface area (Å²) in [5.74, 6) is 3.56. The van der Waals surface area contributed by atoms with Crippen LogP contribution in [0.3, 0.4) is 0 Å². The standard InChI is InChI=1S/C23H47NO2S.3C2H6/c1-9-22(10-2,24-21(25)14-16-27-17-20(7)8)18-26-23(11-3,12-4)15-13-19(5)6;3*1-2/h19-20H,9-18H2,1-8H3,(H,24,25);3*1-2H3. The van der Waals surface area contributed by atoms with E-state index in [9.17, 15) is 4.79 Å². The van der Waals surface area contributed by atoms with Gasteiger partial charge >= 0.3 is 0 Å². The normalized spacial score (nSPS) is 11.0. The minimum absolute atomic E-state index is 0.0578. The molecule has 0 atom stereocenters. The van der Waals surface area contributed by atoms with Crippen molar-refractivity contribution in [3.05, 3.63) is 0 Å². The Morgan fingerprint density at radius 1 is 0.818 bits per heavy atom. The van der Waals surface area contributed by atoms with Crippen LogP contribution < -0.4 is 5.32 Å². The SMILES string of the molecule is CC.CC.CC.CCC(CC)(COC(CC)(CC)CCC(C)C)NC(=O)CCSCC(C)C. The van der Waals surface area contributed by atoms with Crippen molar-refractivity contribution in [3.63, 3.8) is 0 Å². The van der Waals surface area contributed by atoms with Gasteiger partial charge in [0.05, 0.1) is 17.7 Å². The fraction of sp³-hybridized carbons (Fsp3) is 0.966. The largest absolute Gasteiger partial charge is 0.373 e. The van der Waals surface area contributed by atoms with Gasteiger partial charge in [0.25, 0.3) is 0 Å². The lowest BCUT2D eigenvalue weighted by Crippen LogP contribution is -2.53. The second-order valence-corrected chi connectivity index (χ2v) is 10.0. The molecule has 0 aliphatic rings. The molecule has 1 N–H and O–H groups in total. The predicted molar refractivity (Wildman–Crippen MR) is 156 cm³/mol. The van der Waals surface area contributed by atoms with Crippen molar-refractivity contribution in [2.75, 3.05) is 18.1 Å². The van der Waals surface area contributed by atoms with Crippen molar-refractivity contribution in [1.29, 1.82) is 0 Å². The van der Waals surface area contributed by atoms with Crippen LogP contribution in [0, 0.1) is 11.8 Å². The van der Waals surface area contributed by atoms with Gasteiger partial charge in [-0.05, 0) is 56.1 Å². The van der Waals surface area contributed by atoms with E-state index in [1.165, 1.54) is 6.42 Å². The Kier molecular flexibility index (Phi) is 32.0. The summed E-state index contributed by atoms with van der Waals surface area (Å²) < 4.78 is 6.56. The maximum atomic E-state index is 12.5. The third kappa shape index (κ3) is 20.8. The molecular weight excluding hydrogens is 426 g/mol. The number of hydrogen-bond acceptors (Lipinski definition) is 3. The molecule has 0 saturated heterocycles. The molecule has 3 nitrogen and oxygen atoms in total. The van der Waals surface area contributed by atoms with Gasteiger partial charge in [-0.25, -0.2) is 0 Å². The fourth-order valence-corrected chi connectivity index (χ4v) is 4.20. The van der Waals surface area contributed by atoms with Gasteiger partial charge in [-0.1, -0.05) is 96.9 Å². The van der Waals surface area contributed by atoms with Gasteiger partial charge in [0.1, 0.15) is 0 Å². The van der Waals surface area contributed by atoms with Crippen molar-refractivity contribution < 1.29 is 9.53 Å². The maximum Gasteiger partial charge on any atom is 0.221 e. The van der Waals surface area contributed by atoms with Crippen LogP contribution >= 0.6 is 11.8 Å². The van der Waals surface area contributed by atoms with E-state index in [0.29, 0.717) is 24.9 Å². The first kappa shape index (κ1) is 40.0. The molecule has 0 fully saturated rings. The van der Waals surface area contributed by atoms with Crippen LogP contribution in [-0.2, 0) is 9.53 Å². The van der Waals surface area contributed by atoms with Crippen LogP contribution in [0.1, 0.15) is 142 Å². The summed E-state index contributed by atoms with van der Waals surface area (Å²) in [5.41, 5.74) is -0.301. The van der Waals surface area contributed by atoms with E-state index in [-0.39, 0.29) is 17.0 Å². The Morgan fingerprint density at radius 2 is 1.30 bits per heavy atom. The number of amides is 1. The number of hydrogen-bond donors (Lipinski definition) is 1. The summed E-state index contributed by atoms with van der Waals surface area (Å²) in [6.45, 7) is 30.4. The Hall–Kier alpha value is -0.220. The lowest BCUT2D eigenvalue weighted by molar-refractivity contribution is -0.127. The number of carbonyl (C=O) groups is 1. The molecule has 4 heteroatoms. The first-order valence-electron chi connectivity index (χ1n) is 14.2. The summed E-state index contributed by atoms with van der Waals surface area (Å²) in [4.78, 5) is 12.5. The van der Waals surface area contributed by atoms with Gasteiger partial charge in [-0.2, -0.15) is 11.8 Å². The van der Waals surface area contributed by atoms with Crippen molar-refractivity contribution in [2.45, 2.75) is 153 Å². The molecule has 0 unspecified atom stereocenters. The molecule has 0 aliphatic heterocycles.